The fraction of sp³-hybridized carbons (Fsp3) is 1.00. The van der Waals surface area contributed by atoms with Crippen molar-refractivity contribution in [2.45, 2.75) is 51.1 Å². The van der Waals surface area contributed by atoms with Gasteiger partial charge >= 0.3 is 0 Å². The molecular weight excluding hydrogens is 200 g/mol. The predicted octanol–water partition coefficient (Wildman–Crippen LogP) is 1.21. The van der Waals surface area contributed by atoms with Gasteiger partial charge in [0.1, 0.15) is 0 Å². The topological polar surface area (TPSA) is 49.5 Å². The van der Waals surface area contributed by atoms with E-state index in [4.69, 9.17) is 5.73 Å². The Balaban J connectivity index is 1.92. The number of aliphatic hydroxyl groups is 1. The molecule has 3 heteroatoms. The Morgan fingerprint density at radius 1 is 1.31 bits per heavy atom. The minimum Gasteiger partial charge on any atom is -0.394 e. The van der Waals surface area contributed by atoms with Crippen LogP contribution in [0, 0.1) is 11.8 Å². The zero-order chi connectivity index (χ0) is 11.8. The average Bonchev–Trinajstić information content (AvgIpc) is 3.03. The maximum atomic E-state index is 9.53. The van der Waals surface area contributed by atoms with Crippen LogP contribution in [-0.2, 0) is 0 Å². The van der Waals surface area contributed by atoms with Gasteiger partial charge in [-0.25, -0.2) is 0 Å². The first kappa shape index (κ1) is 12.3. The lowest BCUT2D eigenvalue weighted by molar-refractivity contribution is 0.109. The van der Waals surface area contributed by atoms with E-state index in [-0.39, 0.29) is 12.1 Å². The molecule has 2 fully saturated rings. The lowest BCUT2D eigenvalue weighted by atomic mass is 9.94. The van der Waals surface area contributed by atoms with Gasteiger partial charge in [-0.1, -0.05) is 13.8 Å². The van der Waals surface area contributed by atoms with Crippen LogP contribution in [0.3, 0.4) is 0 Å². The molecular formula is C13H26N2O. The molecule has 0 amide bonds. The Kier molecular flexibility index (Phi) is 3.57. The van der Waals surface area contributed by atoms with Crippen molar-refractivity contribution >= 4 is 0 Å². The van der Waals surface area contributed by atoms with E-state index in [1.54, 1.807) is 0 Å². The quantitative estimate of drug-likeness (QED) is 0.686. The summed E-state index contributed by atoms with van der Waals surface area (Å²) < 4.78 is 0. The predicted molar refractivity (Wildman–Crippen MR) is 66.2 cm³/mol. The number of rotatable bonds is 7. The number of hydrogen-bond acceptors (Lipinski definition) is 3. The van der Waals surface area contributed by atoms with Crippen LogP contribution < -0.4 is 5.73 Å². The fourth-order valence-corrected chi connectivity index (χ4v) is 2.60. The summed E-state index contributed by atoms with van der Waals surface area (Å²) in [5.41, 5.74) is 6.02. The lowest BCUT2D eigenvalue weighted by Crippen LogP contribution is -2.55. The molecule has 3 nitrogen and oxygen atoms in total. The second kappa shape index (κ2) is 4.63. The fourth-order valence-electron chi connectivity index (χ4n) is 2.60. The minimum atomic E-state index is -0.336. The van der Waals surface area contributed by atoms with Gasteiger partial charge in [0.05, 0.1) is 12.1 Å². The third kappa shape index (κ3) is 2.96. The van der Waals surface area contributed by atoms with Gasteiger partial charge in [0.2, 0.25) is 0 Å². The highest BCUT2D eigenvalue weighted by molar-refractivity contribution is 5.02. The third-order valence-electron chi connectivity index (χ3n) is 3.85. The highest BCUT2D eigenvalue weighted by Crippen LogP contribution is 2.40. The SMILES string of the molecule is CC(C)CN(CC(N)(CO)C1CC1)C1CC1. The molecule has 2 saturated carbocycles. The minimum absolute atomic E-state index is 0.138. The van der Waals surface area contributed by atoms with Gasteiger partial charge in [0.15, 0.2) is 0 Å². The molecule has 1 atom stereocenters. The summed E-state index contributed by atoms with van der Waals surface area (Å²) >= 11 is 0. The molecule has 0 bridgehead atoms. The summed E-state index contributed by atoms with van der Waals surface area (Å²) in [7, 11) is 0. The van der Waals surface area contributed by atoms with Crippen molar-refractivity contribution in [3.63, 3.8) is 0 Å². The van der Waals surface area contributed by atoms with Crippen molar-refractivity contribution in [1.82, 2.24) is 4.90 Å². The first-order valence-electron chi connectivity index (χ1n) is 6.69. The van der Waals surface area contributed by atoms with Gasteiger partial charge in [0, 0.05) is 19.1 Å². The van der Waals surface area contributed by atoms with Gasteiger partial charge in [0.25, 0.3) is 0 Å². The maximum Gasteiger partial charge on any atom is 0.0626 e. The molecule has 2 rings (SSSR count). The maximum absolute atomic E-state index is 9.53. The Hall–Kier alpha value is -0.120. The van der Waals surface area contributed by atoms with Crippen LogP contribution in [0.2, 0.25) is 0 Å². The molecule has 0 spiro atoms. The molecule has 0 aromatic rings. The van der Waals surface area contributed by atoms with Crippen molar-refractivity contribution in [1.29, 1.82) is 0 Å². The third-order valence-corrected chi connectivity index (χ3v) is 3.85. The summed E-state index contributed by atoms with van der Waals surface area (Å²) in [6.07, 6.45) is 5.05. The van der Waals surface area contributed by atoms with Gasteiger partial charge in [-0.15, -0.1) is 0 Å². The largest absolute Gasteiger partial charge is 0.394 e. The van der Waals surface area contributed by atoms with Gasteiger partial charge in [-0.2, -0.15) is 0 Å². The summed E-state index contributed by atoms with van der Waals surface area (Å²) in [6.45, 7) is 6.65. The average molecular weight is 226 g/mol. The number of aliphatic hydroxyl groups excluding tert-OH is 1. The number of nitrogens with zero attached hydrogens (tertiary/aromatic N) is 1. The van der Waals surface area contributed by atoms with E-state index in [9.17, 15) is 5.11 Å². The Bertz CT molecular complexity index is 236. The Morgan fingerprint density at radius 2 is 1.94 bits per heavy atom. The molecule has 16 heavy (non-hydrogen) atoms. The van der Waals surface area contributed by atoms with E-state index < -0.39 is 0 Å². The molecule has 2 aliphatic rings. The molecule has 3 N–H and O–H groups in total. The Morgan fingerprint density at radius 3 is 2.31 bits per heavy atom. The van der Waals surface area contributed by atoms with E-state index in [1.165, 1.54) is 25.7 Å². The van der Waals surface area contributed by atoms with Crippen LogP contribution in [0.4, 0.5) is 0 Å². The first-order chi connectivity index (χ1) is 7.55. The van der Waals surface area contributed by atoms with Crippen LogP contribution in [0.1, 0.15) is 39.5 Å². The van der Waals surface area contributed by atoms with Crippen LogP contribution in [0.15, 0.2) is 0 Å². The second-order valence-electron chi connectivity index (χ2n) is 6.22. The van der Waals surface area contributed by atoms with E-state index in [2.05, 4.69) is 18.7 Å². The van der Waals surface area contributed by atoms with Gasteiger partial charge in [-0.3, -0.25) is 4.90 Å². The van der Waals surface area contributed by atoms with Crippen LogP contribution >= 0.6 is 0 Å². The van der Waals surface area contributed by atoms with Gasteiger partial charge < -0.3 is 10.8 Å². The van der Waals surface area contributed by atoms with Crippen molar-refractivity contribution in [2.75, 3.05) is 19.7 Å². The smallest absolute Gasteiger partial charge is 0.0626 e. The van der Waals surface area contributed by atoms with E-state index in [0.717, 1.165) is 19.1 Å². The van der Waals surface area contributed by atoms with E-state index in [0.29, 0.717) is 11.8 Å². The molecule has 0 radical (unpaired) electrons. The zero-order valence-corrected chi connectivity index (χ0v) is 10.7. The van der Waals surface area contributed by atoms with Crippen LogP contribution in [0.25, 0.3) is 0 Å². The zero-order valence-electron chi connectivity index (χ0n) is 10.7. The van der Waals surface area contributed by atoms with E-state index in [1.807, 2.05) is 0 Å². The normalized spacial score (nSPS) is 25.1. The van der Waals surface area contributed by atoms with Crippen LogP contribution in [-0.4, -0.2) is 41.3 Å². The van der Waals surface area contributed by atoms with E-state index >= 15 is 0 Å². The first-order valence-corrected chi connectivity index (χ1v) is 6.69. The second-order valence-corrected chi connectivity index (χ2v) is 6.22. The number of hydrogen-bond donors (Lipinski definition) is 2. The van der Waals surface area contributed by atoms with Gasteiger partial charge in [-0.05, 0) is 37.5 Å². The molecule has 94 valence electrons. The summed E-state index contributed by atoms with van der Waals surface area (Å²) in [5.74, 6) is 1.24. The van der Waals surface area contributed by atoms with Crippen molar-refractivity contribution in [3.8, 4) is 0 Å². The molecule has 2 aliphatic carbocycles. The standard InChI is InChI=1S/C13H26N2O/c1-10(2)7-15(12-5-6-12)8-13(14,9-16)11-3-4-11/h10-12,16H,3-9,14H2,1-2H3. The van der Waals surface area contributed by atoms with Crippen LogP contribution in [0.5, 0.6) is 0 Å². The monoisotopic (exact) mass is 226 g/mol. The molecule has 0 aliphatic heterocycles. The molecule has 0 aromatic carbocycles. The number of nitrogens with two attached hydrogens (primary N) is 1. The van der Waals surface area contributed by atoms with Crippen molar-refractivity contribution < 1.29 is 5.11 Å². The van der Waals surface area contributed by atoms with Crippen molar-refractivity contribution in [3.05, 3.63) is 0 Å². The highest BCUT2D eigenvalue weighted by atomic mass is 16.3. The Labute approximate surface area is 99.0 Å². The summed E-state index contributed by atoms with van der Waals surface area (Å²) in [6, 6.07) is 0.746. The van der Waals surface area contributed by atoms with Crippen molar-refractivity contribution in [2.24, 2.45) is 17.6 Å². The molecule has 0 heterocycles. The molecule has 0 saturated heterocycles. The summed E-state index contributed by atoms with van der Waals surface area (Å²) in [5, 5.41) is 9.53. The molecule has 0 aromatic heterocycles. The lowest BCUT2D eigenvalue weighted by Gasteiger charge is -2.35. The highest BCUT2D eigenvalue weighted by Gasteiger charge is 2.44. The summed E-state index contributed by atoms with van der Waals surface area (Å²) in [4.78, 5) is 2.51. The molecule has 1 unspecified atom stereocenters.